The molecule has 9 nitrogen and oxygen atoms in total. The van der Waals surface area contributed by atoms with Crippen molar-refractivity contribution < 1.29 is 39.5 Å². The maximum atomic E-state index is 12.0. The van der Waals surface area contributed by atoms with Gasteiger partial charge in [0.1, 0.15) is 17.0 Å². The smallest absolute Gasteiger partial charge is 0.410 e. The maximum absolute atomic E-state index is 12.0. The molecule has 4 atom stereocenters. The summed E-state index contributed by atoms with van der Waals surface area (Å²) in [6.45, 7) is 17.5. The van der Waals surface area contributed by atoms with Crippen molar-refractivity contribution in [2.24, 2.45) is 11.8 Å². The van der Waals surface area contributed by atoms with E-state index >= 15 is 0 Å². The van der Waals surface area contributed by atoms with Crippen molar-refractivity contribution in [2.45, 2.75) is 111 Å². The summed E-state index contributed by atoms with van der Waals surface area (Å²) in [5.74, 6) is -1.22. The maximum Gasteiger partial charge on any atom is 0.410 e. The van der Waals surface area contributed by atoms with Crippen LogP contribution in [0.5, 0.6) is 0 Å². The fraction of sp³-hybridized carbons (Fsp3) is 0.846. The van der Waals surface area contributed by atoms with Gasteiger partial charge >= 0.3 is 18.2 Å². The number of halogens is 1. The lowest BCUT2D eigenvalue weighted by molar-refractivity contribution is -0.145. The van der Waals surface area contributed by atoms with Gasteiger partial charge in [-0.15, -0.1) is 0 Å². The Morgan fingerprint density at radius 3 is 1.47 bits per heavy atom. The predicted molar refractivity (Wildman–Crippen MR) is 136 cm³/mol. The second-order valence-corrected chi connectivity index (χ2v) is 11.3. The van der Waals surface area contributed by atoms with Crippen LogP contribution in [0.25, 0.3) is 0 Å². The van der Waals surface area contributed by atoms with Crippen LogP contribution in [0.4, 0.5) is 14.0 Å². The van der Waals surface area contributed by atoms with E-state index in [9.17, 15) is 23.6 Å². The SMILES string of the molecule is CC(=O)C1CCCN(C(=O)OC(C)(C)C)C1C.CC1C(C(=O)O)CCCN1C(=O)OC(C)(C)C.[2H]CF. The van der Waals surface area contributed by atoms with Crippen molar-refractivity contribution in [3.8, 4) is 0 Å². The molecule has 1 N–H and O–H groups in total. The quantitative estimate of drug-likeness (QED) is 0.526. The summed E-state index contributed by atoms with van der Waals surface area (Å²) in [6.07, 6.45) is 2.34. The molecule has 2 saturated heterocycles. The molecule has 0 aliphatic carbocycles. The number of hydrogen-bond donors (Lipinski definition) is 1. The zero-order valence-electron chi connectivity index (χ0n) is 24.4. The van der Waals surface area contributed by atoms with E-state index < -0.39 is 36.3 Å². The second kappa shape index (κ2) is 14.4. The van der Waals surface area contributed by atoms with Gasteiger partial charge in [0, 0.05) is 31.1 Å². The van der Waals surface area contributed by atoms with Crippen LogP contribution in [0.1, 0.15) is 89.4 Å². The van der Waals surface area contributed by atoms with Gasteiger partial charge in [0.05, 0.1) is 14.4 Å². The normalized spacial score (nSPS) is 24.7. The number of Topliss-reactive ketones (excluding diaryl/α,β-unsaturated/α-hetero) is 1. The van der Waals surface area contributed by atoms with Crippen LogP contribution >= 0.6 is 0 Å². The van der Waals surface area contributed by atoms with Gasteiger partial charge in [-0.05, 0) is 88.0 Å². The Bertz CT molecular complexity index is 705. The molecule has 0 aromatic carbocycles. The van der Waals surface area contributed by atoms with E-state index in [0.29, 0.717) is 25.9 Å². The Kier molecular flexibility index (Phi) is 12.6. The van der Waals surface area contributed by atoms with Crippen molar-refractivity contribution in [2.75, 3.05) is 20.2 Å². The number of carbonyl (C=O) groups excluding carboxylic acids is 3. The van der Waals surface area contributed by atoms with Gasteiger partial charge in [-0.3, -0.25) is 14.0 Å². The van der Waals surface area contributed by atoms with Gasteiger partial charge in [0.2, 0.25) is 0 Å². The molecule has 2 aliphatic rings. The molecule has 0 spiro atoms. The van der Waals surface area contributed by atoms with E-state index in [4.69, 9.17) is 16.0 Å². The molecule has 2 amide bonds. The van der Waals surface area contributed by atoms with E-state index in [-0.39, 0.29) is 29.9 Å². The highest BCUT2D eigenvalue weighted by Crippen LogP contribution is 2.27. The van der Waals surface area contributed by atoms with Crippen LogP contribution in [-0.4, -0.2) is 82.4 Å². The van der Waals surface area contributed by atoms with Gasteiger partial charge in [-0.1, -0.05) is 0 Å². The second-order valence-electron chi connectivity index (χ2n) is 11.3. The number of aliphatic carboxylic acids is 1. The zero-order chi connectivity index (χ0) is 29.1. The highest BCUT2D eigenvalue weighted by atomic mass is 19.1. The molecule has 2 fully saturated rings. The van der Waals surface area contributed by atoms with Crippen LogP contribution < -0.4 is 0 Å². The molecular formula is C26H47FN2O7. The van der Waals surface area contributed by atoms with Gasteiger partial charge in [-0.25, -0.2) is 9.59 Å². The summed E-state index contributed by atoms with van der Waals surface area (Å²) in [7, 11) is -1.00. The number of nitrogens with zero attached hydrogens (tertiary/aromatic N) is 2. The Morgan fingerprint density at radius 1 is 0.833 bits per heavy atom. The predicted octanol–water partition coefficient (Wildman–Crippen LogP) is 5.30. The van der Waals surface area contributed by atoms with Crippen LogP contribution in [-0.2, 0) is 19.1 Å². The number of carboxylic acids is 1. The molecule has 36 heavy (non-hydrogen) atoms. The summed E-state index contributed by atoms with van der Waals surface area (Å²) in [6, 6.07) is -0.368. The van der Waals surface area contributed by atoms with Crippen LogP contribution in [0.3, 0.4) is 0 Å². The van der Waals surface area contributed by atoms with Crippen LogP contribution in [0, 0.1) is 11.8 Å². The topological polar surface area (TPSA) is 113 Å². The number of ketones is 1. The third-order valence-electron chi connectivity index (χ3n) is 6.07. The van der Waals surface area contributed by atoms with Gasteiger partial charge in [0.25, 0.3) is 0 Å². The first kappa shape index (κ1) is 31.6. The average molecular weight is 520 g/mol. The third kappa shape index (κ3) is 11.1. The minimum atomic E-state index is -1.00. The minimum absolute atomic E-state index is 0.0451. The lowest BCUT2D eigenvalue weighted by Gasteiger charge is -2.38. The number of carboxylic acid groups (broad SMARTS) is 1. The summed E-state index contributed by atoms with van der Waals surface area (Å²) in [5, 5.41) is 9.06. The highest BCUT2D eigenvalue weighted by Gasteiger charge is 2.37. The van der Waals surface area contributed by atoms with Crippen molar-refractivity contribution in [1.29, 1.82) is 0 Å². The molecule has 4 unspecified atom stereocenters. The monoisotopic (exact) mass is 519 g/mol. The first-order chi connectivity index (χ1) is 16.9. The summed E-state index contributed by atoms with van der Waals surface area (Å²) in [4.78, 5) is 49.6. The number of ether oxygens (including phenoxy) is 2. The fourth-order valence-corrected chi connectivity index (χ4v) is 4.32. The molecule has 0 aromatic heterocycles. The summed E-state index contributed by atoms with van der Waals surface area (Å²) in [5.41, 5.74) is -1.03. The number of likely N-dealkylation sites (tertiary alicyclic amines) is 2. The number of carbonyl (C=O) groups is 4. The molecule has 0 aromatic rings. The number of hydrogen-bond acceptors (Lipinski definition) is 6. The number of piperidine rings is 2. The zero-order valence-corrected chi connectivity index (χ0v) is 23.4. The molecular weight excluding hydrogens is 471 g/mol. The van der Waals surface area contributed by atoms with E-state index in [1.165, 1.54) is 4.90 Å². The van der Waals surface area contributed by atoms with Crippen LogP contribution in [0.2, 0.25) is 0 Å². The van der Waals surface area contributed by atoms with Gasteiger partial charge in [0.15, 0.2) is 0 Å². The Balaban J connectivity index is 0.000000633. The largest absolute Gasteiger partial charge is 0.481 e. The number of rotatable bonds is 2. The van der Waals surface area contributed by atoms with E-state index in [1.807, 2.05) is 27.7 Å². The standard InChI is InChI=1S/C13H23NO3.C12H21NO4.CH3F/c1-9-11(10(2)15)7-6-8-14(9)12(16)17-13(3,4)5;1-8-9(10(14)15)6-5-7-13(8)11(16)17-12(2,3)4;1-2/h9,11H,6-8H2,1-5H3;8-9H,5-7H2,1-4H3,(H,14,15);1H3/i;;1D. The van der Waals surface area contributed by atoms with E-state index in [2.05, 4.69) is 0 Å². The Morgan fingerprint density at radius 2 is 1.17 bits per heavy atom. The van der Waals surface area contributed by atoms with Crippen LogP contribution in [0.15, 0.2) is 0 Å². The number of amides is 2. The van der Waals surface area contributed by atoms with Gasteiger partial charge < -0.3 is 24.4 Å². The summed E-state index contributed by atoms with van der Waals surface area (Å²) < 4.78 is 26.1. The highest BCUT2D eigenvalue weighted by molar-refractivity contribution is 5.80. The molecule has 2 rings (SSSR count). The van der Waals surface area contributed by atoms with Crippen molar-refractivity contribution in [1.82, 2.24) is 9.80 Å². The van der Waals surface area contributed by atoms with Crippen molar-refractivity contribution in [3.63, 3.8) is 0 Å². The Labute approximate surface area is 217 Å². The number of alkyl halides is 1. The molecule has 210 valence electrons. The lowest BCUT2D eigenvalue weighted by Crippen LogP contribution is -2.50. The Hall–Kier alpha value is -2.39. The average Bonchev–Trinajstić information content (AvgIpc) is 2.72. The first-order valence-electron chi connectivity index (χ1n) is 13.1. The molecule has 0 bridgehead atoms. The molecule has 0 saturated carbocycles. The van der Waals surface area contributed by atoms with Crippen molar-refractivity contribution in [3.05, 3.63) is 0 Å². The first-order valence-corrected chi connectivity index (χ1v) is 12.4. The molecule has 0 radical (unpaired) electrons. The van der Waals surface area contributed by atoms with E-state index in [1.54, 1.807) is 39.5 Å². The molecule has 2 aliphatic heterocycles. The fourth-order valence-electron chi connectivity index (χ4n) is 4.32. The molecule has 2 heterocycles. The lowest BCUT2D eigenvalue weighted by atomic mass is 9.87. The third-order valence-corrected chi connectivity index (χ3v) is 6.07. The molecule has 10 heteroatoms. The minimum Gasteiger partial charge on any atom is -0.481 e. The van der Waals surface area contributed by atoms with Gasteiger partial charge in [-0.2, -0.15) is 0 Å². The van der Waals surface area contributed by atoms with Crippen molar-refractivity contribution >= 4 is 23.9 Å². The summed E-state index contributed by atoms with van der Waals surface area (Å²) >= 11 is 0. The van der Waals surface area contributed by atoms with E-state index in [0.717, 1.165) is 12.8 Å².